The summed E-state index contributed by atoms with van der Waals surface area (Å²) in [6, 6.07) is 11.4. The van der Waals surface area contributed by atoms with Gasteiger partial charge in [-0.1, -0.05) is 36.7 Å². The summed E-state index contributed by atoms with van der Waals surface area (Å²) >= 11 is 6.41. The molecule has 2 aliphatic carbocycles. The van der Waals surface area contributed by atoms with Gasteiger partial charge in [0.25, 0.3) is 5.91 Å². The first kappa shape index (κ1) is 34.2. The van der Waals surface area contributed by atoms with Crippen LogP contribution in [0.15, 0.2) is 48.6 Å². The molecule has 0 aromatic heterocycles. The van der Waals surface area contributed by atoms with Crippen molar-refractivity contribution in [1.29, 1.82) is 0 Å². The lowest BCUT2D eigenvalue weighted by Crippen LogP contribution is -2.49. The Morgan fingerprint density at radius 1 is 1.15 bits per heavy atom. The minimum absolute atomic E-state index is 0.0932. The molecular formula is C36H47ClN2O7S. The van der Waals surface area contributed by atoms with Crippen molar-refractivity contribution in [3.63, 3.8) is 0 Å². The lowest BCUT2D eigenvalue weighted by molar-refractivity contribution is 0.0455. The number of carbonyl (C=O) groups excluding carboxylic acids is 1. The second-order valence-electron chi connectivity index (χ2n) is 13.8. The van der Waals surface area contributed by atoms with Crippen molar-refractivity contribution in [1.82, 2.24) is 4.72 Å². The Balaban J connectivity index is 1.35. The smallest absolute Gasteiger partial charge is 0.264 e. The number of benzene rings is 2. The van der Waals surface area contributed by atoms with Crippen LogP contribution in [0.3, 0.4) is 0 Å². The second kappa shape index (κ2) is 14.5. The summed E-state index contributed by atoms with van der Waals surface area (Å²) in [5.41, 5.74) is 3.24. The number of anilines is 1. The summed E-state index contributed by atoms with van der Waals surface area (Å²) in [6.07, 6.45) is 8.62. The molecule has 2 bridgehead atoms. The van der Waals surface area contributed by atoms with Crippen LogP contribution >= 0.6 is 11.6 Å². The van der Waals surface area contributed by atoms with Crippen molar-refractivity contribution in [2.75, 3.05) is 51.5 Å². The molecular weight excluding hydrogens is 640 g/mol. The summed E-state index contributed by atoms with van der Waals surface area (Å²) in [5.74, 6) is 0.0306. The van der Waals surface area contributed by atoms with E-state index in [-0.39, 0.29) is 41.8 Å². The van der Waals surface area contributed by atoms with E-state index in [0.29, 0.717) is 45.1 Å². The number of aliphatic hydroxyl groups is 1. The largest absolute Gasteiger partial charge is 0.490 e. The highest BCUT2D eigenvalue weighted by Gasteiger charge is 2.44. The Bertz CT molecular complexity index is 1580. The van der Waals surface area contributed by atoms with E-state index in [9.17, 15) is 18.3 Å². The number of fused-ring (bicyclic) bond motifs is 4. The van der Waals surface area contributed by atoms with E-state index in [2.05, 4.69) is 21.8 Å². The molecule has 2 N–H and O–H groups in total. The lowest BCUT2D eigenvalue weighted by atomic mass is 9.68. The molecule has 4 aliphatic rings. The standard InChI is InChI=1S/C36H47ClN2O7S/c1-24-5-3-7-32(40)29-11-8-27(29)21-39-22-36(15-4-6-25-19-28(37)10-12-30(25)36)23-46-33-13-9-26(20-31(33)39)35(41)38-47(42,43)34(24)14-16-45-18-17-44-2/h3,7,9-10,12-13,19-20,24,27,29,32,34,40H,4-6,8,11,14-18,21-23H2,1-2H3,(H,38,41)/b7-3-/t24-,27-,29+,32-,34-,36-/m0/s1. The molecule has 256 valence electrons. The molecule has 6 rings (SSSR count). The Morgan fingerprint density at radius 2 is 2.00 bits per heavy atom. The van der Waals surface area contributed by atoms with Gasteiger partial charge in [0, 0.05) is 42.8 Å². The van der Waals surface area contributed by atoms with Crippen LogP contribution in [0.25, 0.3) is 0 Å². The number of halogens is 1. The lowest BCUT2D eigenvalue weighted by Gasteiger charge is -2.45. The molecule has 2 aliphatic heterocycles. The van der Waals surface area contributed by atoms with E-state index >= 15 is 0 Å². The molecule has 1 amide bonds. The number of allylic oxidation sites excluding steroid dienone is 1. The summed E-state index contributed by atoms with van der Waals surface area (Å²) in [7, 11) is -2.50. The van der Waals surface area contributed by atoms with Gasteiger partial charge in [-0.2, -0.15) is 0 Å². The molecule has 6 atom stereocenters. The highest BCUT2D eigenvalue weighted by atomic mass is 35.5. The van der Waals surface area contributed by atoms with Crippen LogP contribution in [0, 0.1) is 17.8 Å². The van der Waals surface area contributed by atoms with Crippen LogP contribution < -0.4 is 14.4 Å². The van der Waals surface area contributed by atoms with Gasteiger partial charge < -0.3 is 24.2 Å². The SMILES string of the molecule is COCCOCC[C@H]1[C@@H](C)C/C=C\[C@H](O)[C@@H]2CC[C@H]2CN2C[C@@]3(CCCc4cc(Cl)ccc43)COc3ccc(cc32)C(=O)NS1(=O)=O. The minimum Gasteiger partial charge on any atom is -0.490 e. The van der Waals surface area contributed by atoms with Crippen LogP contribution in [0.2, 0.25) is 5.02 Å². The zero-order valence-electron chi connectivity index (χ0n) is 27.3. The molecule has 2 aromatic rings. The maximum Gasteiger partial charge on any atom is 0.264 e. The van der Waals surface area contributed by atoms with Crippen molar-refractivity contribution in [2.45, 2.75) is 68.6 Å². The van der Waals surface area contributed by atoms with Gasteiger partial charge in [-0.15, -0.1) is 0 Å². The normalized spacial score (nSPS) is 31.0. The van der Waals surface area contributed by atoms with Gasteiger partial charge in [0.2, 0.25) is 10.0 Å². The molecule has 0 unspecified atom stereocenters. The Kier molecular flexibility index (Phi) is 10.5. The zero-order chi connectivity index (χ0) is 33.2. The van der Waals surface area contributed by atoms with Gasteiger partial charge in [-0.25, -0.2) is 13.1 Å². The van der Waals surface area contributed by atoms with Crippen LogP contribution in [0.5, 0.6) is 5.75 Å². The number of amides is 1. The highest BCUT2D eigenvalue weighted by Crippen LogP contribution is 2.46. The van der Waals surface area contributed by atoms with Gasteiger partial charge in [0.1, 0.15) is 5.75 Å². The van der Waals surface area contributed by atoms with Crippen molar-refractivity contribution in [2.24, 2.45) is 17.8 Å². The number of carbonyl (C=O) groups is 1. The molecule has 11 heteroatoms. The van der Waals surface area contributed by atoms with Crippen molar-refractivity contribution in [3.05, 3.63) is 70.3 Å². The predicted molar refractivity (Wildman–Crippen MR) is 183 cm³/mol. The topological polar surface area (TPSA) is 114 Å². The van der Waals surface area contributed by atoms with Gasteiger partial charge >= 0.3 is 0 Å². The van der Waals surface area contributed by atoms with E-state index in [1.807, 2.05) is 25.1 Å². The Hall–Kier alpha value is -2.63. The zero-order valence-corrected chi connectivity index (χ0v) is 28.9. The van der Waals surface area contributed by atoms with E-state index in [1.54, 1.807) is 25.3 Å². The van der Waals surface area contributed by atoms with Crippen LogP contribution in [-0.4, -0.2) is 77.4 Å². The number of methoxy groups -OCH3 is 1. The molecule has 0 radical (unpaired) electrons. The number of nitrogens with zero attached hydrogens (tertiary/aromatic N) is 1. The van der Waals surface area contributed by atoms with E-state index in [0.717, 1.165) is 42.8 Å². The quantitative estimate of drug-likeness (QED) is 0.312. The first-order chi connectivity index (χ1) is 22.6. The third kappa shape index (κ3) is 7.37. The number of rotatable bonds is 6. The molecule has 0 saturated heterocycles. The molecule has 1 spiro atoms. The number of nitrogens with one attached hydrogen (secondary N) is 1. The molecule has 2 aromatic carbocycles. The first-order valence-electron chi connectivity index (χ1n) is 16.9. The fourth-order valence-corrected chi connectivity index (χ4v) is 9.84. The van der Waals surface area contributed by atoms with Crippen molar-refractivity contribution in [3.8, 4) is 5.75 Å². The Labute approximate surface area is 283 Å². The van der Waals surface area contributed by atoms with Crippen LogP contribution in [-0.2, 0) is 31.3 Å². The van der Waals surface area contributed by atoms with Crippen LogP contribution in [0.4, 0.5) is 5.69 Å². The number of hydrogen-bond acceptors (Lipinski definition) is 8. The molecule has 47 heavy (non-hydrogen) atoms. The monoisotopic (exact) mass is 686 g/mol. The number of aliphatic hydroxyl groups excluding tert-OH is 1. The summed E-state index contributed by atoms with van der Waals surface area (Å²) in [5, 5.41) is 11.1. The first-order valence-corrected chi connectivity index (χ1v) is 18.8. The molecule has 9 nitrogen and oxygen atoms in total. The Morgan fingerprint density at radius 3 is 2.79 bits per heavy atom. The third-order valence-corrected chi connectivity index (χ3v) is 13.0. The second-order valence-corrected chi connectivity index (χ2v) is 16.2. The van der Waals surface area contributed by atoms with Crippen LogP contribution in [0.1, 0.15) is 66.9 Å². The highest BCUT2D eigenvalue weighted by molar-refractivity contribution is 7.90. The average molecular weight is 687 g/mol. The van der Waals surface area contributed by atoms with Crippen molar-refractivity contribution < 1.29 is 32.5 Å². The number of aryl methyl sites for hydroxylation is 1. The van der Waals surface area contributed by atoms with E-state index < -0.39 is 27.3 Å². The summed E-state index contributed by atoms with van der Waals surface area (Å²) in [4.78, 5) is 16.0. The van der Waals surface area contributed by atoms with Gasteiger partial charge in [0.15, 0.2) is 0 Å². The number of hydrogen-bond donors (Lipinski definition) is 2. The minimum atomic E-state index is -4.08. The molecule has 1 saturated carbocycles. The third-order valence-electron chi connectivity index (χ3n) is 10.8. The van der Waals surface area contributed by atoms with Crippen molar-refractivity contribution >= 4 is 33.2 Å². The maximum absolute atomic E-state index is 13.8. The number of sulfonamides is 1. The van der Waals surface area contributed by atoms with E-state index in [4.69, 9.17) is 25.8 Å². The summed E-state index contributed by atoms with van der Waals surface area (Å²) in [6.45, 7) is 4.69. The fraction of sp³-hybridized carbons (Fsp3) is 0.583. The number of ether oxygens (including phenoxy) is 3. The molecule has 1 fully saturated rings. The van der Waals surface area contributed by atoms with Gasteiger partial charge in [0.05, 0.1) is 36.9 Å². The fourth-order valence-electron chi connectivity index (χ4n) is 7.99. The van der Waals surface area contributed by atoms with Gasteiger partial charge in [-0.3, -0.25) is 4.79 Å². The summed E-state index contributed by atoms with van der Waals surface area (Å²) < 4.78 is 47.1. The maximum atomic E-state index is 13.8. The average Bonchev–Trinajstić information content (AvgIpc) is 3.17. The molecule has 2 heterocycles. The predicted octanol–water partition coefficient (Wildman–Crippen LogP) is 5.28. The van der Waals surface area contributed by atoms with Gasteiger partial charge in [-0.05, 0) is 104 Å². The van der Waals surface area contributed by atoms with E-state index in [1.165, 1.54) is 11.1 Å².